The molecule has 2 rings (SSSR count). The summed E-state index contributed by atoms with van der Waals surface area (Å²) in [4.78, 5) is 0.144. The largest absolute Gasteiger partial charge is 0.396 e. The van der Waals surface area contributed by atoms with Crippen molar-refractivity contribution in [3.05, 3.63) is 65.2 Å². The fraction of sp³-hybridized carbons (Fsp3) is 0.200. The Kier molecular flexibility index (Phi) is 5.36. The van der Waals surface area contributed by atoms with Crippen molar-refractivity contribution in [1.82, 2.24) is 4.72 Å². The minimum atomic E-state index is -3.67. The second kappa shape index (κ2) is 7.04. The standard InChI is InChI=1S/C15H16ClNO3S/c16-13-6-8-14(9-7-13)21(19,20)17-15(10-11-18)12-4-2-1-3-5-12/h1-9,15,17-18H,10-11H2/t15-/m1/s1. The van der Waals surface area contributed by atoms with Gasteiger partial charge in [-0.3, -0.25) is 0 Å². The van der Waals surface area contributed by atoms with Crippen LogP contribution >= 0.6 is 11.6 Å². The van der Waals surface area contributed by atoms with Crippen LogP contribution in [0.3, 0.4) is 0 Å². The molecule has 0 fully saturated rings. The average Bonchev–Trinajstić information content (AvgIpc) is 2.48. The summed E-state index contributed by atoms with van der Waals surface area (Å²) < 4.78 is 27.3. The molecule has 0 saturated carbocycles. The van der Waals surface area contributed by atoms with Gasteiger partial charge in [0, 0.05) is 17.7 Å². The molecule has 2 N–H and O–H groups in total. The fourth-order valence-corrected chi connectivity index (χ4v) is 3.36. The highest BCUT2D eigenvalue weighted by Crippen LogP contribution is 2.21. The van der Waals surface area contributed by atoms with Gasteiger partial charge in [0.2, 0.25) is 10.0 Å². The van der Waals surface area contributed by atoms with E-state index >= 15 is 0 Å². The number of halogens is 1. The van der Waals surface area contributed by atoms with Crippen LogP contribution < -0.4 is 4.72 Å². The van der Waals surface area contributed by atoms with Crippen molar-refractivity contribution in [3.8, 4) is 0 Å². The number of nitrogens with one attached hydrogen (secondary N) is 1. The second-order valence-corrected chi connectivity index (χ2v) is 6.70. The zero-order chi connectivity index (χ0) is 15.3. The summed E-state index contributed by atoms with van der Waals surface area (Å²) in [5, 5.41) is 9.63. The molecule has 0 aromatic heterocycles. The molecule has 21 heavy (non-hydrogen) atoms. The Labute approximate surface area is 129 Å². The molecule has 112 valence electrons. The van der Waals surface area contributed by atoms with Gasteiger partial charge in [-0.25, -0.2) is 13.1 Å². The van der Waals surface area contributed by atoms with Gasteiger partial charge in [-0.05, 0) is 36.2 Å². The van der Waals surface area contributed by atoms with Gasteiger partial charge >= 0.3 is 0 Å². The van der Waals surface area contributed by atoms with E-state index in [-0.39, 0.29) is 11.5 Å². The van der Waals surface area contributed by atoms with Crippen molar-refractivity contribution in [1.29, 1.82) is 0 Å². The van der Waals surface area contributed by atoms with Crippen LogP contribution in [-0.2, 0) is 10.0 Å². The van der Waals surface area contributed by atoms with Crippen LogP contribution in [-0.4, -0.2) is 20.1 Å². The highest BCUT2D eigenvalue weighted by molar-refractivity contribution is 7.89. The zero-order valence-corrected chi connectivity index (χ0v) is 12.8. The van der Waals surface area contributed by atoms with Gasteiger partial charge < -0.3 is 5.11 Å². The molecule has 2 aromatic rings. The van der Waals surface area contributed by atoms with E-state index in [1.165, 1.54) is 24.3 Å². The topological polar surface area (TPSA) is 66.4 Å². The Morgan fingerprint density at radius 2 is 1.67 bits per heavy atom. The number of rotatable bonds is 6. The molecule has 6 heteroatoms. The molecule has 0 saturated heterocycles. The molecule has 0 heterocycles. The van der Waals surface area contributed by atoms with Gasteiger partial charge in [0.25, 0.3) is 0 Å². The number of aliphatic hydroxyl groups excluding tert-OH is 1. The first-order valence-corrected chi connectivity index (χ1v) is 8.33. The third kappa shape index (κ3) is 4.28. The van der Waals surface area contributed by atoms with Crippen LogP contribution in [0.2, 0.25) is 5.02 Å². The number of benzene rings is 2. The summed E-state index contributed by atoms with van der Waals surface area (Å²) in [6.45, 7) is -0.108. The molecule has 0 spiro atoms. The first-order valence-electron chi connectivity index (χ1n) is 6.46. The molecule has 0 unspecified atom stereocenters. The van der Waals surface area contributed by atoms with Crippen molar-refractivity contribution >= 4 is 21.6 Å². The lowest BCUT2D eigenvalue weighted by atomic mass is 10.1. The Balaban J connectivity index is 2.25. The normalized spacial score (nSPS) is 13.0. The van der Waals surface area contributed by atoms with Gasteiger partial charge in [0.1, 0.15) is 0 Å². The van der Waals surface area contributed by atoms with Crippen LogP contribution in [0.15, 0.2) is 59.5 Å². The smallest absolute Gasteiger partial charge is 0.241 e. The monoisotopic (exact) mass is 325 g/mol. The highest BCUT2D eigenvalue weighted by atomic mass is 35.5. The Morgan fingerprint density at radius 1 is 1.05 bits per heavy atom. The van der Waals surface area contributed by atoms with Crippen LogP contribution in [0.5, 0.6) is 0 Å². The van der Waals surface area contributed by atoms with Crippen molar-refractivity contribution in [2.24, 2.45) is 0 Å². The molecule has 4 nitrogen and oxygen atoms in total. The van der Waals surface area contributed by atoms with Gasteiger partial charge in [-0.15, -0.1) is 0 Å². The third-order valence-corrected chi connectivity index (χ3v) is 4.78. The number of sulfonamides is 1. The maximum absolute atomic E-state index is 12.4. The Morgan fingerprint density at radius 3 is 2.24 bits per heavy atom. The number of hydrogen-bond acceptors (Lipinski definition) is 3. The van der Waals surface area contributed by atoms with Crippen LogP contribution in [0, 0.1) is 0 Å². The maximum Gasteiger partial charge on any atom is 0.241 e. The van der Waals surface area contributed by atoms with Crippen LogP contribution in [0.25, 0.3) is 0 Å². The molecular formula is C15H16ClNO3S. The van der Waals surface area contributed by atoms with Crippen molar-refractivity contribution < 1.29 is 13.5 Å². The Hall–Kier alpha value is -1.40. The minimum Gasteiger partial charge on any atom is -0.396 e. The molecule has 0 amide bonds. The first kappa shape index (κ1) is 16.0. The van der Waals surface area contributed by atoms with Gasteiger partial charge in [-0.1, -0.05) is 41.9 Å². The molecule has 0 radical (unpaired) electrons. The highest BCUT2D eigenvalue weighted by Gasteiger charge is 2.20. The van der Waals surface area contributed by atoms with E-state index < -0.39 is 16.1 Å². The van der Waals surface area contributed by atoms with Crippen molar-refractivity contribution in [2.45, 2.75) is 17.4 Å². The Bertz CT molecular complexity index is 672. The maximum atomic E-state index is 12.4. The average molecular weight is 326 g/mol. The predicted octanol–water partition coefficient (Wildman–Crippen LogP) is 2.74. The molecule has 1 atom stereocenters. The summed E-state index contributed by atoms with van der Waals surface area (Å²) in [6, 6.07) is 14.6. The summed E-state index contributed by atoms with van der Waals surface area (Å²) in [5.41, 5.74) is 0.809. The lowest BCUT2D eigenvalue weighted by Crippen LogP contribution is -2.29. The van der Waals surface area contributed by atoms with Gasteiger partial charge in [-0.2, -0.15) is 0 Å². The lowest BCUT2D eigenvalue weighted by Gasteiger charge is -2.18. The van der Waals surface area contributed by atoms with E-state index in [1.807, 2.05) is 30.3 Å². The van der Waals surface area contributed by atoms with Crippen LogP contribution in [0.1, 0.15) is 18.0 Å². The molecule has 0 aliphatic carbocycles. The van der Waals surface area contributed by atoms with Gasteiger partial charge in [0.05, 0.1) is 4.90 Å². The molecule has 0 aliphatic heterocycles. The number of hydrogen-bond donors (Lipinski definition) is 2. The summed E-state index contributed by atoms with van der Waals surface area (Å²) >= 11 is 5.76. The van der Waals surface area contributed by atoms with E-state index in [0.29, 0.717) is 11.4 Å². The summed E-state index contributed by atoms with van der Waals surface area (Å²) in [5.74, 6) is 0. The first-order chi connectivity index (χ1) is 10.0. The fourth-order valence-electron chi connectivity index (χ4n) is 1.98. The van der Waals surface area contributed by atoms with Crippen molar-refractivity contribution in [2.75, 3.05) is 6.61 Å². The van der Waals surface area contributed by atoms with E-state index in [4.69, 9.17) is 16.7 Å². The summed E-state index contributed by atoms with van der Waals surface area (Å²) in [7, 11) is -3.67. The lowest BCUT2D eigenvalue weighted by molar-refractivity contribution is 0.272. The zero-order valence-electron chi connectivity index (χ0n) is 11.2. The van der Waals surface area contributed by atoms with Crippen LogP contribution in [0.4, 0.5) is 0 Å². The predicted molar refractivity (Wildman–Crippen MR) is 82.7 cm³/mol. The summed E-state index contributed by atoms with van der Waals surface area (Å²) in [6.07, 6.45) is 0.302. The van der Waals surface area contributed by atoms with Gasteiger partial charge in [0.15, 0.2) is 0 Å². The number of aliphatic hydroxyl groups is 1. The minimum absolute atomic E-state index is 0.108. The third-order valence-electron chi connectivity index (χ3n) is 3.04. The molecule has 0 aliphatic rings. The van der Waals surface area contributed by atoms with E-state index in [2.05, 4.69) is 4.72 Å². The van der Waals surface area contributed by atoms with E-state index in [1.54, 1.807) is 0 Å². The van der Waals surface area contributed by atoms with E-state index in [9.17, 15) is 8.42 Å². The molecule has 0 bridgehead atoms. The van der Waals surface area contributed by atoms with E-state index in [0.717, 1.165) is 5.56 Å². The second-order valence-electron chi connectivity index (χ2n) is 4.55. The van der Waals surface area contributed by atoms with Crippen molar-refractivity contribution in [3.63, 3.8) is 0 Å². The molecular weight excluding hydrogens is 310 g/mol. The SMILES string of the molecule is O=S(=O)(N[C@H](CCO)c1ccccc1)c1ccc(Cl)cc1. The molecule has 2 aromatic carbocycles. The quantitative estimate of drug-likeness (QED) is 0.858.